The third-order valence-electron chi connectivity index (χ3n) is 2.93. The Morgan fingerprint density at radius 1 is 1.39 bits per heavy atom. The number of aryl methyl sites for hydroxylation is 1. The van der Waals surface area contributed by atoms with E-state index in [1.54, 1.807) is 0 Å². The van der Waals surface area contributed by atoms with Gasteiger partial charge in [0.2, 0.25) is 5.76 Å². The minimum absolute atomic E-state index is 0.128. The van der Waals surface area contributed by atoms with Gasteiger partial charge in [-0.1, -0.05) is 11.2 Å². The van der Waals surface area contributed by atoms with Crippen LogP contribution in [0.1, 0.15) is 22.5 Å². The molecule has 0 atom stereocenters. The van der Waals surface area contributed by atoms with E-state index in [0.29, 0.717) is 5.69 Å². The molecule has 4 nitrogen and oxygen atoms in total. The third kappa shape index (κ3) is 2.01. The summed E-state index contributed by atoms with van der Waals surface area (Å²) in [7, 11) is 0. The van der Waals surface area contributed by atoms with Crippen LogP contribution in [0.4, 0.5) is 0 Å². The minimum Gasteiger partial charge on any atom is -0.475 e. The zero-order chi connectivity index (χ0) is 12.5. The maximum Gasteiger partial charge on any atom is 0.374 e. The summed E-state index contributed by atoms with van der Waals surface area (Å²) in [6, 6.07) is 7.56. The van der Waals surface area contributed by atoms with Crippen molar-refractivity contribution in [3.63, 3.8) is 0 Å². The van der Waals surface area contributed by atoms with Gasteiger partial charge >= 0.3 is 5.97 Å². The molecule has 2 aromatic rings. The van der Waals surface area contributed by atoms with Crippen LogP contribution >= 0.6 is 11.8 Å². The third-order valence-corrected chi connectivity index (χ3v) is 4.13. The molecule has 1 aliphatic heterocycles. The number of carbonyl (C=O) groups is 1. The first-order valence-electron chi connectivity index (χ1n) is 5.70. The zero-order valence-electron chi connectivity index (χ0n) is 9.55. The fraction of sp³-hybridized carbons (Fsp3) is 0.231. The molecule has 0 saturated carbocycles. The van der Waals surface area contributed by atoms with Crippen molar-refractivity contribution in [2.45, 2.75) is 17.7 Å². The van der Waals surface area contributed by atoms with Gasteiger partial charge in [0.1, 0.15) is 5.69 Å². The van der Waals surface area contributed by atoms with Gasteiger partial charge in [-0.15, -0.1) is 11.8 Å². The van der Waals surface area contributed by atoms with Crippen LogP contribution in [0.5, 0.6) is 0 Å². The lowest BCUT2D eigenvalue weighted by Gasteiger charge is -2.15. The Kier molecular flexibility index (Phi) is 2.83. The van der Waals surface area contributed by atoms with Crippen molar-refractivity contribution >= 4 is 17.7 Å². The molecule has 0 aliphatic carbocycles. The van der Waals surface area contributed by atoms with Crippen molar-refractivity contribution < 1.29 is 14.4 Å². The Bertz CT molecular complexity index is 606. The molecule has 3 rings (SSSR count). The van der Waals surface area contributed by atoms with Gasteiger partial charge < -0.3 is 9.63 Å². The molecule has 92 valence electrons. The summed E-state index contributed by atoms with van der Waals surface area (Å²) in [5, 5.41) is 12.6. The lowest BCUT2D eigenvalue weighted by atomic mass is 10.0. The van der Waals surface area contributed by atoms with E-state index in [-0.39, 0.29) is 5.76 Å². The molecule has 0 saturated heterocycles. The maximum atomic E-state index is 10.7. The van der Waals surface area contributed by atoms with E-state index < -0.39 is 5.97 Å². The number of aromatic carboxylic acids is 1. The van der Waals surface area contributed by atoms with E-state index >= 15 is 0 Å². The van der Waals surface area contributed by atoms with Gasteiger partial charge in [-0.3, -0.25) is 0 Å². The molecule has 18 heavy (non-hydrogen) atoms. The SMILES string of the molecule is O=C(O)c1cc(-c2ccc3c(c2)CCCS3)no1. The number of thioether (sulfide) groups is 1. The summed E-state index contributed by atoms with van der Waals surface area (Å²) < 4.78 is 4.77. The Morgan fingerprint density at radius 2 is 2.28 bits per heavy atom. The van der Waals surface area contributed by atoms with Crippen LogP contribution in [0.2, 0.25) is 0 Å². The summed E-state index contributed by atoms with van der Waals surface area (Å²) in [4.78, 5) is 12.1. The number of fused-ring (bicyclic) bond motifs is 1. The van der Waals surface area contributed by atoms with Crippen LogP contribution in [0.3, 0.4) is 0 Å². The molecule has 1 aliphatic rings. The first-order valence-corrected chi connectivity index (χ1v) is 6.69. The van der Waals surface area contributed by atoms with E-state index in [1.165, 1.54) is 28.7 Å². The largest absolute Gasteiger partial charge is 0.475 e. The summed E-state index contributed by atoms with van der Waals surface area (Å²) in [6.07, 6.45) is 2.25. The normalized spacial score (nSPS) is 14.2. The molecule has 5 heteroatoms. The molecule has 0 radical (unpaired) electrons. The molecule has 0 fully saturated rings. The highest BCUT2D eigenvalue weighted by Gasteiger charge is 2.15. The van der Waals surface area contributed by atoms with Crippen LogP contribution in [-0.4, -0.2) is 22.0 Å². The number of benzene rings is 1. The predicted octanol–water partition coefficient (Wildman–Crippen LogP) is 3.08. The molecule has 1 N–H and O–H groups in total. The van der Waals surface area contributed by atoms with Crippen molar-refractivity contribution in [1.29, 1.82) is 0 Å². The van der Waals surface area contributed by atoms with Crippen LogP contribution < -0.4 is 0 Å². The van der Waals surface area contributed by atoms with Gasteiger partial charge in [-0.2, -0.15) is 0 Å². The van der Waals surface area contributed by atoms with E-state index in [2.05, 4.69) is 17.3 Å². The Morgan fingerprint density at radius 3 is 3.06 bits per heavy atom. The second kappa shape index (κ2) is 4.49. The fourth-order valence-corrected chi connectivity index (χ4v) is 3.05. The molecule has 1 aromatic carbocycles. The molecule has 0 unspecified atom stereocenters. The molecule has 2 heterocycles. The molecule has 0 amide bonds. The molecule has 0 bridgehead atoms. The van der Waals surface area contributed by atoms with Crippen LogP contribution in [0.15, 0.2) is 33.7 Å². The van der Waals surface area contributed by atoms with Crippen LogP contribution in [0.25, 0.3) is 11.3 Å². The standard InChI is InChI=1S/C13H11NO3S/c15-13(16)11-7-10(14-17-11)8-3-4-12-9(6-8)2-1-5-18-12/h3-4,6-7H,1-2,5H2,(H,15,16). The van der Waals surface area contributed by atoms with Gasteiger partial charge in [0.05, 0.1) is 0 Å². The number of aromatic nitrogens is 1. The van der Waals surface area contributed by atoms with Crippen molar-refractivity contribution in [3.8, 4) is 11.3 Å². The Hall–Kier alpha value is -1.75. The monoisotopic (exact) mass is 261 g/mol. The van der Waals surface area contributed by atoms with E-state index in [9.17, 15) is 4.79 Å². The van der Waals surface area contributed by atoms with Crippen LogP contribution in [-0.2, 0) is 6.42 Å². The van der Waals surface area contributed by atoms with Crippen molar-refractivity contribution in [1.82, 2.24) is 5.16 Å². The average Bonchev–Trinajstić information content (AvgIpc) is 2.88. The second-order valence-electron chi connectivity index (χ2n) is 4.16. The number of nitrogens with zero attached hydrogens (tertiary/aromatic N) is 1. The number of hydrogen-bond donors (Lipinski definition) is 1. The maximum absolute atomic E-state index is 10.7. The first kappa shape index (κ1) is 11.3. The number of carboxylic acids is 1. The van der Waals surface area contributed by atoms with Crippen molar-refractivity contribution in [2.24, 2.45) is 0 Å². The zero-order valence-corrected chi connectivity index (χ0v) is 10.4. The Labute approximate surface area is 108 Å². The number of hydrogen-bond acceptors (Lipinski definition) is 4. The number of carboxylic acid groups (broad SMARTS) is 1. The summed E-state index contributed by atoms with van der Waals surface area (Å²) >= 11 is 1.86. The first-order chi connectivity index (χ1) is 8.74. The lowest BCUT2D eigenvalue weighted by Crippen LogP contribution is -1.98. The summed E-state index contributed by atoms with van der Waals surface area (Å²) in [5.41, 5.74) is 2.79. The van der Waals surface area contributed by atoms with Crippen molar-refractivity contribution in [2.75, 3.05) is 5.75 Å². The molecular weight excluding hydrogens is 250 g/mol. The smallest absolute Gasteiger partial charge is 0.374 e. The van der Waals surface area contributed by atoms with Crippen molar-refractivity contribution in [3.05, 3.63) is 35.6 Å². The van der Waals surface area contributed by atoms with Crippen LogP contribution in [0, 0.1) is 0 Å². The van der Waals surface area contributed by atoms with Gasteiger partial charge in [-0.05, 0) is 36.3 Å². The van der Waals surface area contributed by atoms with Gasteiger partial charge in [0.15, 0.2) is 0 Å². The Balaban J connectivity index is 1.98. The number of rotatable bonds is 2. The van der Waals surface area contributed by atoms with Gasteiger partial charge in [-0.25, -0.2) is 4.79 Å². The van der Waals surface area contributed by atoms with Gasteiger partial charge in [0.25, 0.3) is 0 Å². The van der Waals surface area contributed by atoms with E-state index in [0.717, 1.165) is 12.0 Å². The lowest BCUT2D eigenvalue weighted by molar-refractivity contribution is 0.0652. The molecule has 1 aromatic heterocycles. The van der Waals surface area contributed by atoms with Gasteiger partial charge in [0, 0.05) is 16.5 Å². The predicted molar refractivity (Wildman–Crippen MR) is 67.9 cm³/mol. The molecule has 0 spiro atoms. The minimum atomic E-state index is -1.10. The summed E-state index contributed by atoms with van der Waals surface area (Å²) in [5.74, 6) is -0.0567. The van der Waals surface area contributed by atoms with E-state index in [4.69, 9.17) is 9.63 Å². The summed E-state index contributed by atoms with van der Waals surface area (Å²) in [6.45, 7) is 0. The highest BCUT2D eigenvalue weighted by atomic mass is 32.2. The average molecular weight is 261 g/mol. The highest BCUT2D eigenvalue weighted by molar-refractivity contribution is 7.99. The van der Waals surface area contributed by atoms with E-state index in [1.807, 2.05) is 17.8 Å². The molecular formula is C13H11NO3S. The highest BCUT2D eigenvalue weighted by Crippen LogP contribution is 2.33. The topological polar surface area (TPSA) is 63.3 Å². The second-order valence-corrected chi connectivity index (χ2v) is 5.29. The fourth-order valence-electron chi connectivity index (χ4n) is 2.03. The quantitative estimate of drug-likeness (QED) is 0.900.